The van der Waals surface area contributed by atoms with Crippen molar-refractivity contribution in [3.63, 3.8) is 0 Å². The number of alkyl halides is 4. The molecule has 0 radical (unpaired) electrons. The number of halogens is 6. The molecule has 4 fully saturated rings. The van der Waals surface area contributed by atoms with Crippen LogP contribution in [0, 0.1) is 18.2 Å². The third-order valence-corrected chi connectivity index (χ3v) is 10.3. The molecule has 1 aromatic carbocycles. The molecule has 0 unspecified atom stereocenters. The average molecular weight is 666 g/mol. The molecule has 4 aliphatic rings. The van der Waals surface area contributed by atoms with Gasteiger partial charge in [-0.05, 0) is 81.4 Å². The molecule has 2 bridgehead atoms. The van der Waals surface area contributed by atoms with Crippen LogP contribution >= 0.6 is 11.6 Å². The predicted molar refractivity (Wildman–Crippen MR) is 166 cm³/mol. The van der Waals surface area contributed by atoms with Crippen molar-refractivity contribution >= 4 is 34.1 Å². The SMILES string of the molecule is Cc1cc(N)nc(-c2c(Cl)cc3c(N4CC[C@H]5CC[C@@H](C4)N5)nc(OCN4C[C@H](F)CCCC5(CC5)C4)nc3c2F)c1C(F)(F)F. The third kappa shape index (κ3) is 6.17. The normalized spacial score (nSPS) is 25.0. The lowest BCUT2D eigenvalue weighted by atomic mass is 9.95. The Morgan fingerprint density at radius 3 is 2.61 bits per heavy atom. The fourth-order valence-corrected chi connectivity index (χ4v) is 7.86. The number of pyridine rings is 1. The van der Waals surface area contributed by atoms with E-state index in [1.165, 1.54) is 13.0 Å². The van der Waals surface area contributed by atoms with E-state index in [4.69, 9.17) is 27.1 Å². The molecular formula is C32H37ClF5N7O. The number of benzene rings is 1. The number of nitrogens with zero attached hydrogens (tertiary/aromatic N) is 5. The van der Waals surface area contributed by atoms with Crippen LogP contribution in [0.2, 0.25) is 5.02 Å². The largest absolute Gasteiger partial charge is 0.447 e. The third-order valence-electron chi connectivity index (χ3n) is 9.99. The van der Waals surface area contributed by atoms with E-state index >= 15 is 4.39 Å². The number of aromatic nitrogens is 3. The molecule has 7 rings (SSSR count). The van der Waals surface area contributed by atoms with Gasteiger partial charge in [-0.15, -0.1) is 0 Å². The van der Waals surface area contributed by atoms with E-state index < -0.39 is 35.0 Å². The summed E-state index contributed by atoms with van der Waals surface area (Å²) in [4.78, 5) is 17.0. The van der Waals surface area contributed by atoms with Gasteiger partial charge in [-0.1, -0.05) is 11.6 Å². The van der Waals surface area contributed by atoms with Crippen molar-refractivity contribution in [3.8, 4) is 17.3 Å². The summed E-state index contributed by atoms with van der Waals surface area (Å²) in [7, 11) is 0. The quantitative estimate of drug-likeness (QED) is 0.292. The van der Waals surface area contributed by atoms with Gasteiger partial charge in [0, 0.05) is 43.6 Å². The van der Waals surface area contributed by atoms with Crippen LogP contribution < -0.4 is 20.7 Å². The Kier molecular flexibility index (Phi) is 8.16. The molecule has 8 nitrogen and oxygen atoms in total. The molecule has 1 spiro atoms. The molecule has 14 heteroatoms. The average Bonchev–Trinajstić information content (AvgIpc) is 3.63. The first-order chi connectivity index (χ1) is 21.9. The fourth-order valence-electron chi connectivity index (χ4n) is 7.57. The first kappa shape index (κ1) is 31.6. The smallest absolute Gasteiger partial charge is 0.418 e. The zero-order valence-electron chi connectivity index (χ0n) is 25.6. The van der Waals surface area contributed by atoms with E-state index in [0.717, 1.165) is 51.0 Å². The highest BCUT2D eigenvalue weighted by molar-refractivity contribution is 6.34. The summed E-state index contributed by atoms with van der Waals surface area (Å²) in [5, 5.41) is 3.59. The zero-order valence-corrected chi connectivity index (χ0v) is 26.3. The zero-order chi connectivity index (χ0) is 32.4. The van der Waals surface area contributed by atoms with Crippen molar-refractivity contribution in [1.29, 1.82) is 0 Å². The fraction of sp³-hybridized carbons (Fsp3) is 0.594. The number of ether oxygens (including phenoxy) is 1. The van der Waals surface area contributed by atoms with Crippen molar-refractivity contribution < 1.29 is 26.7 Å². The molecule has 3 N–H and O–H groups in total. The summed E-state index contributed by atoms with van der Waals surface area (Å²) >= 11 is 6.61. The van der Waals surface area contributed by atoms with Gasteiger partial charge in [-0.3, -0.25) is 4.90 Å². The van der Waals surface area contributed by atoms with Crippen LogP contribution in [-0.2, 0) is 6.18 Å². The molecule has 3 aromatic rings. The van der Waals surface area contributed by atoms with Crippen molar-refractivity contribution in [2.75, 3.05) is 43.5 Å². The van der Waals surface area contributed by atoms with Crippen molar-refractivity contribution in [3.05, 3.63) is 34.1 Å². The second kappa shape index (κ2) is 11.9. The van der Waals surface area contributed by atoms with E-state index in [1.54, 1.807) is 0 Å². The second-order valence-corrected chi connectivity index (χ2v) is 13.9. The lowest BCUT2D eigenvalue weighted by Gasteiger charge is -2.31. The van der Waals surface area contributed by atoms with Gasteiger partial charge in [0.2, 0.25) is 0 Å². The van der Waals surface area contributed by atoms with Gasteiger partial charge in [0.1, 0.15) is 30.1 Å². The second-order valence-electron chi connectivity index (χ2n) is 13.5. The number of hydrogen-bond acceptors (Lipinski definition) is 8. The highest BCUT2D eigenvalue weighted by Crippen LogP contribution is 2.51. The van der Waals surface area contributed by atoms with Crippen molar-refractivity contribution in [2.24, 2.45) is 5.41 Å². The van der Waals surface area contributed by atoms with Gasteiger partial charge >= 0.3 is 12.2 Å². The molecule has 0 amide bonds. The van der Waals surface area contributed by atoms with Crippen LogP contribution in [0.4, 0.5) is 33.6 Å². The van der Waals surface area contributed by atoms with E-state index in [0.29, 0.717) is 37.9 Å². The molecule has 3 aliphatic heterocycles. The van der Waals surface area contributed by atoms with E-state index in [1.807, 2.05) is 9.80 Å². The molecule has 3 saturated heterocycles. The number of aryl methyl sites for hydroxylation is 1. The lowest BCUT2D eigenvalue weighted by molar-refractivity contribution is -0.137. The monoisotopic (exact) mass is 665 g/mol. The summed E-state index contributed by atoms with van der Waals surface area (Å²) in [6.07, 6.45) is 1.55. The summed E-state index contributed by atoms with van der Waals surface area (Å²) in [5.41, 5.74) is 3.17. The predicted octanol–water partition coefficient (Wildman–Crippen LogP) is 6.66. The lowest BCUT2D eigenvalue weighted by Crippen LogP contribution is -2.40. The van der Waals surface area contributed by atoms with Crippen LogP contribution in [0.3, 0.4) is 0 Å². The van der Waals surface area contributed by atoms with Crippen LogP contribution in [0.15, 0.2) is 12.1 Å². The Morgan fingerprint density at radius 2 is 1.85 bits per heavy atom. The molecular weight excluding hydrogens is 629 g/mol. The molecule has 1 aliphatic carbocycles. The number of rotatable bonds is 5. The Hall–Kier alpha value is -3.03. The summed E-state index contributed by atoms with van der Waals surface area (Å²) < 4.78 is 80.2. The van der Waals surface area contributed by atoms with Crippen molar-refractivity contribution in [2.45, 2.75) is 82.7 Å². The Morgan fingerprint density at radius 1 is 1.07 bits per heavy atom. The number of nitrogens with two attached hydrogens (primary N) is 1. The Bertz CT molecular complexity index is 1650. The first-order valence-corrected chi connectivity index (χ1v) is 16.3. The summed E-state index contributed by atoms with van der Waals surface area (Å²) in [6.45, 7) is 3.34. The first-order valence-electron chi connectivity index (χ1n) is 15.9. The van der Waals surface area contributed by atoms with Crippen LogP contribution in [0.25, 0.3) is 22.2 Å². The number of anilines is 2. The van der Waals surface area contributed by atoms with E-state index in [-0.39, 0.29) is 58.0 Å². The molecule has 1 saturated carbocycles. The maximum atomic E-state index is 16.7. The molecule has 3 atom stereocenters. The maximum absolute atomic E-state index is 16.7. The molecule has 5 heterocycles. The van der Waals surface area contributed by atoms with Gasteiger partial charge < -0.3 is 20.7 Å². The van der Waals surface area contributed by atoms with Gasteiger partial charge in [0.25, 0.3) is 0 Å². The standard InChI is InChI=1S/C32H37ClF5N7O/c1-17-11-23(39)41-28(25(17)32(36,37)38)24-22(33)12-21-27(26(24)35)42-30(43-29(21)45-10-6-19-4-5-20(14-45)40-19)46-16-44-13-18(34)3-2-7-31(15-44)8-9-31/h11-12,18-20,40H,2-10,13-16H2,1H3,(H2,39,41)/t18-,19-,20+/m1/s1. The Labute approximate surface area is 268 Å². The number of likely N-dealkylation sites (tertiary alicyclic amines) is 1. The maximum Gasteiger partial charge on any atom is 0.418 e. The van der Waals surface area contributed by atoms with Crippen molar-refractivity contribution in [1.82, 2.24) is 25.2 Å². The summed E-state index contributed by atoms with van der Waals surface area (Å²) in [5.74, 6) is -0.909. The molecule has 2 aromatic heterocycles. The topological polar surface area (TPSA) is 92.4 Å². The highest BCUT2D eigenvalue weighted by atomic mass is 35.5. The van der Waals surface area contributed by atoms with Crippen LogP contribution in [0.5, 0.6) is 6.01 Å². The highest BCUT2D eigenvalue weighted by Gasteiger charge is 2.45. The van der Waals surface area contributed by atoms with Crippen LogP contribution in [-0.4, -0.2) is 71.0 Å². The van der Waals surface area contributed by atoms with E-state index in [2.05, 4.69) is 15.3 Å². The number of nitrogens with one attached hydrogen (secondary N) is 1. The number of nitrogen functional groups attached to an aromatic ring is 1. The Balaban J connectivity index is 1.33. The minimum Gasteiger partial charge on any atom is -0.447 e. The minimum atomic E-state index is -4.85. The minimum absolute atomic E-state index is 0.00434. The van der Waals surface area contributed by atoms with E-state index in [9.17, 15) is 17.6 Å². The molecule has 248 valence electrons. The summed E-state index contributed by atoms with van der Waals surface area (Å²) in [6, 6.07) is 2.90. The van der Waals surface area contributed by atoms with Gasteiger partial charge in [-0.2, -0.15) is 23.1 Å². The van der Waals surface area contributed by atoms with Crippen LogP contribution in [0.1, 0.15) is 62.5 Å². The molecule has 46 heavy (non-hydrogen) atoms. The van der Waals surface area contributed by atoms with Gasteiger partial charge in [0.05, 0.1) is 21.8 Å². The number of fused-ring (bicyclic) bond motifs is 3. The van der Waals surface area contributed by atoms with Gasteiger partial charge in [0.15, 0.2) is 5.82 Å². The van der Waals surface area contributed by atoms with Gasteiger partial charge in [-0.25, -0.2) is 13.8 Å². The number of hydrogen-bond donors (Lipinski definition) is 2.